The Balaban J connectivity index is 2.13. The summed E-state index contributed by atoms with van der Waals surface area (Å²) < 4.78 is 22.8. The molecular formula is C13H18N2O3S. The van der Waals surface area contributed by atoms with Crippen LogP contribution in [0.25, 0.3) is 0 Å². The van der Waals surface area contributed by atoms with Crippen LogP contribution in [0.2, 0.25) is 0 Å². The van der Waals surface area contributed by atoms with Crippen molar-refractivity contribution in [3.05, 3.63) is 29.3 Å². The molecule has 1 aliphatic carbocycles. The number of sulfonamides is 1. The summed E-state index contributed by atoms with van der Waals surface area (Å²) in [4.78, 5) is 11.9. The molecule has 1 aromatic carbocycles. The van der Waals surface area contributed by atoms with Crippen molar-refractivity contribution >= 4 is 15.9 Å². The van der Waals surface area contributed by atoms with E-state index in [1.54, 1.807) is 19.1 Å². The van der Waals surface area contributed by atoms with Crippen LogP contribution in [-0.4, -0.2) is 20.9 Å². The number of primary sulfonamides is 1. The first-order valence-corrected chi connectivity index (χ1v) is 7.84. The zero-order valence-corrected chi connectivity index (χ0v) is 11.7. The number of nitrogens with two attached hydrogens (primary N) is 1. The number of hydrogen-bond acceptors (Lipinski definition) is 3. The Kier molecular flexibility index (Phi) is 3.91. The molecule has 1 fully saturated rings. The van der Waals surface area contributed by atoms with Gasteiger partial charge in [-0.2, -0.15) is 0 Å². The lowest BCUT2D eigenvalue weighted by molar-refractivity contribution is 0.0939. The first-order chi connectivity index (χ1) is 8.88. The van der Waals surface area contributed by atoms with Gasteiger partial charge in [0.2, 0.25) is 10.0 Å². The fraction of sp³-hybridized carbons (Fsp3) is 0.462. The smallest absolute Gasteiger partial charge is 0.251 e. The van der Waals surface area contributed by atoms with Crippen LogP contribution in [0.1, 0.15) is 35.2 Å². The van der Waals surface area contributed by atoms with E-state index in [0.29, 0.717) is 23.6 Å². The molecule has 5 nitrogen and oxygen atoms in total. The molecule has 0 spiro atoms. The second-order valence-corrected chi connectivity index (χ2v) is 6.56. The van der Waals surface area contributed by atoms with E-state index in [4.69, 9.17) is 5.14 Å². The van der Waals surface area contributed by atoms with Gasteiger partial charge in [0, 0.05) is 12.1 Å². The maximum atomic E-state index is 11.9. The van der Waals surface area contributed by atoms with Gasteiger partial charge in [0.05, 0.1) is 4.90 Å². The lowest BCUT2D eigenvalue weighted by Gasteiger charge is -2.25. The highest BCUT2D eigenvalue weighted by Crippen LogP contribution is 2.25. The number of hydrogen-bond donors (Lipinski definition) is 2. The Morgan fingerprint density at radius 3 is 2.63 bits per heavy atom. The third-order valence-electron chi connectivity index (χ3n) is 3.53. The monoisotopic (exact) mass is 282 g/mol. The van der Waals surface area contributed by atoms with Crippen molar-refractivity contribution in [1.29, 1.82) is 0 Å². The second kappa shape index (κ2) is 5.30. The molecule has 1 amide bonds. The van der Waals surface area contributed by atoms with Crippen molar-refractivity contribution < 1.29 is 13.2 Å². The van der Waals surface area contributed by atoms with E-state index in [-0.39, 0.29) is 10.8 Å². The first-order valence-electron chi connectivity index (χ1n) is 6.29. The fourth-order valence-corrected chi connectivity index (χ4v) is 2.89. The number of nitrogens with one attached hydrogen (secondary N) is 1. The lowest BCUT2D eigenvalue weighted by atomic mass is 9.85. The highest BCUT2D eigenvalue weighted by atomic mass is 32.2. The average Bonchev–Trinajstić information content (AvgIpc) is 2.25. The van der Waals surface area contributed by atoms with E-state index in [9.17, 15) is 13.2 Å². The van der Waals surface area contributed by atoms with Gasteiger partial charge in [-0.1, -0.05) is 12.5 Å². The van der Waals surface area contributed by atoms with E-state index < -0.39 is 10.0 Å². The Morgan fingerprint density at radius 1 is 1.42 bits per heavy atom. The average molecular weight is 282 g/mol. The van der Waals surface area contributed by atoms with E-state index in [1.807, 2.05) is 0 Å². The van der Waals surface area contributed by atoms with Crippen LogP contribution in [0.4, 0.5) is 0 Å². The SMILES string of the molecule is Cc1ccc(C(=O)NCC2CCC2)cc1S(N)(=O)=O. The van der Waals surface area contributed by atoms with Crippen molar-refractivity contribution in [2.24, 2.45) is 11.1 Å². The predicted octanol–water partition coefficient (Wildman–Crippen LogP) is 1.17. The molecule has 1 aliphatic rings. The summed E-state index contributed by atoms with van der Waals surface area (Å²) in [7, 11) is -3.79. The highest BCUT2D eigenvalue weighted by molar-refractivity contribution is 7.89. The molecule has 0 aliphatic heterocycles. The van der Waals surface area contributed by atoms with Gasteiger partial charge in [-0.25, -0.2) is 13.6 Å². The van der Waals surface area contributed by atoms with Crippen molar-refractivity contribution in [3.63, 3.8) is 0 Å². The summed E-state index contributed by atoms with van der Waals surface area (Å²) in [6, 6.07) is 4.54. The summed E-state index contributed by atoms with van der Waals surface area (Å²) in [5, 5.41) is 7.94. The molecule has 1 saturated carbocycles. The van der Waals surface area contributed by atoms with Crippen LogP contribution >= 0.6 is 0 Å². The van der Waals surface area contributed by atoms with Gasteiger partial charge in [-0.3, -0.25) is 4.79 Å². The van der Waals surface area contributed by atoms with Gasteiger partial charge in [0.15, 0.2) is 0 Å². The maximum Gasteiger partial charge on any atom is 0.251 e. The Labute approximate surface area is 113 Å². The van der Waals surface area contributed by atoms with Gasteiger partial charge in [-0.15, -0.1) is 0 Å². The molecule has 104 valence electrons. The normalized spacial score (nSPS) is 15.9. The van der Waals surface area contributed by atoms with Crippen molar-refractivity contribution in [1.82, 2.24) is 5.32 Å². The Bertz CT molecular complexity index is 592. The number of amides is 1. The van der Waals surface area contributed by atoms with Crippen LogP contribution in [-0.2, 0) is 10.0 Å². The van der Waals surface area contributed by atoms with E-state index in [1.165, 1.54) is 12.5 Å². The van der Waals surface area contributed by atoms with Crippen LogP contribution in [0.15, 0.2) is 23.1 Å². The first kappa shape index (κ1) is 14.0. The van der Waals surface area contributed by atoms with Crippen molar-refractivity contribution in [3.8, 4) is 0 Å². The van der Waals surface area contributed by atoms with Crippen LogP contribution in [0.5, 0.6) is 0 Å². The highest BCUT2D eigenvalue weighted by Gasteiger charge is 2.19. The molecule has 0 bridgehead atoms. The van der Waals surface area contributed by atoms with Gasteiger partial charge < -0.3 is 5.32 Å². The minimum Gasteiger partial charge on any atom is -0.352 e. The number of rotatable bonds is 4. The molecule has 6 heteroatoms. The molecule has 0 atom stereocenters. The standard InChI is InChI=1S/C13H18N2O3S/c1-9-5-6-11(7-12(9)19(14,17)18)13(16)15-8-10-3-2-4-10/h5-7,10H,2-4,8H2,1H3,(H,15,16)(H2,14,17,18). The molecule has 0 saturated heterocycles. The van der Waals surface area contributed by atoms with E-state index >= 15 is 0 Å². The third kappa shape index (κ3) is 3.33. The van der Waals surface area contributed by atoms with Gasteiger partial charge in [-0.05, 0) is 43.4 Å². The molecule has 3 N–H and O–H groups in total. The molecular weight excluding hydrogens is 264 g/mol. The summed E-state index contributed by atoms with van der Waals surface area (Å²) in [6.07, 6.45) is 3.52. The molecule has 0 heterocycles. The predicted molar refractivity (Wildman–Crippen MR) is 72.2 cm³/mol. The molecule has 1 aromatic rings. The fourth-order valence-electron chi connectivity index (χ4n) is 2.08. The van der Waals surface area contributed by atoms with E-state index in [2.05, 4.69) is 5.32 Å². The summed E-state index contributed by atoms with van der Waals surface area (Å²) >= 11 is 0. The van der Waals surface area contributed by atoms with Crippen LogP contribution in [0, 0.1) is 12.8 Å². The van der Waals surface area contributed by atoms with Gasteiger partial charge in [0.1, 0.15) is 0 Å². The van der Waals surface area contributed by atoms with Gasteiger partial charge in [0.25, 0.3) is 5.91 Å². The van der Waals surface area contributed by atoms with Crippen LogP contribution < -0.4 is 10.5 Å². The largest absolute Gasteiger partial charge is 0.352 e. The molecule has 0 radical (unpaired) electrons. The molecule has 0 unspecified atom stereocenters. The quantitative estimate of drug-likeness (QED) is 0.868. The van der Waals surface area contributed by atoms with Crippen molar-refractivity contribution in [2.75, 3.05) is 6.54 Å². The number of benzene rings is 1. The minimum atomic E-state index is -3.79. The van der Waals surface area contributed by atoms with Crippen LogP contribution in [0.3, 0.4) is 0 Å². The van der Waals surface area contributed by atoms with Gasteiger partial charge >= 0.3 is 0 Å². The second-order valence-electron chi connectivity index (χ2n) is 5.03. The summed E-state index contributed by atoms with van der Waals surface area (Å²) in [5.74, 6) is 0.309. The zero-order chi connectivity index (χ0) is 14.0. The number of carbonyl (C=O) groups is 1. The van der Waals surface area contributed by atoms with E-state index in [0.717, 1.165) is 12.8 Å². The molecule has 19 heavy (non-hydrogen) atoms. The number of aryl methyl sites for hydroxylation is 1. The summed E-state index contributed by atoms with van der Waals surface area (Å²) in [5.41, 5.74) is 0.868. The lowest BCUT2D eigenvalue weighted by Crippen LogP contribution is -2.32. The minimum absolute atomic E-state index is 0.00351. The molecule has 2 rings (SSSR count). The number of carbonyl (C=O) groups excluding carboxylic acids is 1. The molecule has 0 aromatic heterocycles. The third-order valence-corrected chi connectivity index (χ3v) is 4.59. The zero-order valence-electron chi connectivity index (χ0n) is 10.8. The Hall–Kier alpha value is -1.40. The Morgan fingerprint density at radius 2 is 2.11 bits per heavy atom. The summed E-state index contributed by atoms with van der Waals surface area (Å²) in [6.45, 7) is 2.30. The van der Waals surface area contributed by atoms with Crippen molar-refractivity contribution in [2.45, 2.75) is 31.1 Å². The maximum absolute atomic E-state index is 11.9. The topological polar surface area (TPSA) is 89.3 Å².